The zero-order chi connectivity index (χ0) is 8.81. The first kappa shape index (κ1) is 9.86. The average Bonchev–Trinajstić information content (AvgIpc) is 2.06. The second-order valence-corrected chi connectivity index (χ2v) is 5.10. The summed E-state index contributed by atoms with van der Waals surface area (Å²) in [6.45, 7) is 4.22. The molecule has 0 radical (unpaired) electrons. The highest BCUT2D eigenvalue weighted by atomic mass is 127. The van der Waals surface area contributed by atoms with Gasteiger partial charge in [0.25, 0.3) is 0 Å². The Morgan fingerprint density at radius 1 is 1.50 bits per heavy atom. The van der Waals surface area contributed by atoms with Gasteiger partial charge in [0.2, 0.25) is 0 Å². The molecule has 66 valence electrons. The standard InChI is InChI=1S/C10H14IN/c1-3-6-9(2)12-10-7-4-5-8-11-10/h3-9,12H,1-2H3/b6-3+. The molecule has 1 nitrogen and oxygen atoms in total. The van der Waals surface area contributed by atoms with Crippen molar-refractivity contribution in [3.8, 4) is 0 Å². The molecule has 0 fully saturated rings. The van der Waals surface area contributed by atoms with Gasteiger partial charge in [-0.3, -0.25) is 5.32 Å². The van der Waals surface area contributed by atoms with Crippen LogP contribution in [0.5, 0.6) is 0 Å². The van der Waals surface area contributed by atoms with E-state index in [1.54, 1.807) is 0 Å². The van der Waals surface area contributed by atoms with Gasteiger partial charge >= 0.3 is 0 Å². The third-order valence-corrected chi connectivity index (χ3v) is 3.57. The molecule has 12 heavy (non-hydrogen) atoms. The molecule has 0 aromatic heterocycles. The maximum absolute atomic E-state index is 3.46. The minimum absolute atomic E-state index is 0.108. The van der Waals surface area contributed by atoms with Crippen LogP contribution in [0, 0.1) is 0 Å². The molecule has 1 heterocycles. The number of hydrogen-bond acceptors (Lipinski definition) is 1. The lowest BCUT2D eigenvalue weighted by molar-refractivity contribution is 0.816. The van der Waals surface area contributed by atoms with Crippen molar-refractivity contribution in [2.75, 3.05) is 0 Å². The number of allylic oxidation sites excluding steroid dienone is 3. The fourth-order valence-electron chi connectivity index (χ4n) is 0.957. The van der Waals surface area contributed by atoms with Crippen LogP contribution < -0.4 is 5.32 Å². The molecule has 0 aromatic carbocycles. The van der Waals surface area contributed by atoms with Crippen LogP contribution in [0.25, 0.3) is 0 Å². The lowest BCUT2D eigenvalue weighted by atomic mass is 10.3. The lowest BCUT2D eigenvalue weighted by Crippen LogP contribution is -2.28. The largest absolute Gasteiger partial charge is 0.278 e. The van der Waals surface area contributed by atoms with Crippen LogP contribution in [0.4, 0.5) is 0 Å². The van der Waals surface area contributed by atoms with Crippen molar-refractivity contribution in [3.63, 3.8) is 0 Å². The summed E-state index contributed by atoms with van der Waals surface area (Å²) in [7, 11) is 0. The zero-order valence-electron chi connectivity index (χ0n) is 7.42. The van der Waals surface area contributed by atoms with E-state index in [1.807, 2.05) is 0 Å². The summed E-state index contributed by atoms with van der Waals surface area (Å²) in [5.74, 6) is 0. The maximum Gasteiger partial charge on any atom is 0.0487 e. The normalized spacial score (nSPS) is 19.0. The van der Waals surface area contributed by atoms with Gasteiger partial charge in [0, 0.05) is 9.67 Å². The summed E-state index contributed by atoms with van der Waals surface area (Å²) >= 11 is 0.108. The van der Waals surface area contributed by atoms with E-state index in [2.05, 4.69) is 53.6 Å². The van der Waals surface area contributed by atoms with E-state index in [1.165, 1.54) is 3.63 Å². The third-order valence-electron chi connectivity index (χ3n) is 1.45. The molecule has 2 heteroatoms. The van der Waals surface area contributed by atoms with Crippen molar-refractivity contribution in [2.24, 2.45) is 0 Å². The van der Waals surface area contributed by atoms with Gasteiger partial charge in [0.05, 0.1) is 0 Å². The molecule has 0 aromatic rings. The number of nitrogens with one attached hydrogen (secondary N) is 1. The minimum atomic E-state index is 0.108. The van der Waals surface area contributed by atoms with Crippen LogP contribution in [-0.2, 0) is 0 Å². The summed E-state index contributed by atoms with van der Waals surface area (Å²) in [4.78, 5) is 0. The van der Waals surface area contributed by atoms with E-state index < -0.39 is 0 Å². The predicted octanol–water partition coefficient (Wildman–Crippen LogP) is 2.72. The second-order valence-electron chi connectivity index (χ2n) is 2.59. The van der Waals surface area contributed by atoms with Crippen LogP contribution in [-0.4, -0.2) is 9.67 Å². The Hall–Kier alpha value is -0.220. The lowest BCUT2D eigenvalue weighted by Gasteiger charge is -2.09. The van der Waals surface area contributed by atoms with Gasteiger partial charge in [-0.15, -0.1) is 0 Å². The number of halogens is 1. The van der Waals surface area contributed by atoms with Crippen LogP contribution in [0.15, 0.2) is 34.5 Å². The molecule has 0 bridgehead atoms. The van der Waals surface area contributed by atoms with E-state index in [-0.39, 0.29) is 20.7 Å². The van der Waals surface area contributed by atoms with Crippen molar-refractivity contribution in [1.29, 1.82) is 0 Å². The quantitative estimate of drug-likeness (QED) is 0.617. The average molecular weight is 275 g/mol. The van der Waals surface area contributed by atoms with Crippen molar-refractivity contribution in [1.82, 2.24) is 5.32 Å². The molecule has 0 saturated heterocycles. The molecular formula is C10H14IN. The highest BCUT2D eigenvalue weighted by Gasteiger charge is 1.98. The summed E-state index contributed by atoms with van der Waals surface area (Å²) in [5, 5.41) is 3.46. The van der Waals surface area contributed by atoms with E-state index in [0.717, 1.165) is 0 Å². The first-order valence-electron chi connectivity index (χ1n) is 4.06. The van der Waals surface area contributed by atoms with Gasteiger partial charge in [0.15, 0.2) is 0 Å². The van der Waals surface area contributed by atoms with Crippen molar-refractivity contribution < 1.29 is 0 Å². The van der Waals surface area contributed by atoms with E-state index >= 15 is 0 Å². The summed E-state index contributed by atoms with van der Waals surface area (Å²) in [6.07, 6.45) is 10.6. The Morgan fingerprint density at radius 2 is 2.33 bits per heavy atom. The van der Waals surface area contributed by atoms with Crippen LogP contribution in [0.2, 0.25) is 0 Å². The second kappa shape index (κ2) is 5.43. The Labute approximate surface area is 84.0 Å². The molecule has 1 aliphatic rings. The fraction of sp³-hybridized carbons (Fsp3) is 0.300. The van der Waals surface area contributed by atoms with Gasteiger partial charge in [0.1, 0.15) is 0 Å². The highest BCUT2D eigenvalue weighted by molar-refractivity contribution is 14.2. The molecule has 1 unspecified atom stereocenters. The van der Waals surface area contributed by atoms with E-state index in [9.17, 15) is 0 Å². The van der Waals surface area contributed by atoms with Gasteiger partial charge in [-0.2, -0.15) is 0 Å². The predicted molar refractivity (Wildman–Crippen MR) is 64.7 cm³/mol. The van der Waals surface area contributed by atoms with Crippen molar-refractivity contribution in [2.45, 2.75) is 19.9 Å². The molecule has 1 rings (SSSR count). The first-order valence-corrected chi connectivity index (χ1v) is 6.38. The summed E-state index contributed by atoms with van der Waals surface area (Å²) in [6, 6.07) is 0.459. The number of rotatable bonds is 3. The van der Waals surface area contributed by atoms with Gasteiger partial charge < -0.3 is 0 Å². The monoisotopic (exact) mass is 275 g/mol. The fourth-order valence-corrected chi connectivity index (χ4v) is 2.88. The SMILES string of the molecule is C/C=C/C(C)NC1=IC=CC=C1. The molecular weight excluding hydrogens is 261 g/mol. The highest BCUT2D eigenvalue weighted by Crippen LogP contribution is 2.07. The van der Waals surface area contributed by atoms with Gasteiger partial charge in [-0.1, -0.05) is 45.0 Å². The van der Waals surface area contributed by atoms with E-state index in [4.69, 9.17) is 0 Å². The molecule has 0 spiro atoms. The Balaban J connectivity index is 2.46. The molecule has 0 amide bonds. The van der Waals surface area contributed by atoms with Crippen LogP contribution >= 0.6 is 20.7 Å². The smallest absolute Gasteiger partial charge is 0.0487 e. The Kier molecular flexibility index (Phi) is 4.46. The molecule has 0 aliphatic carbocycles. The molecule has 1 aliphatic heterocycles. The van der Waals surface area contributed by atoms with Crippen LogP contribution in [0.1, 0.15) is 13.8 Å². The molecule has 0 saturated carbocycles. The minimum Gasteiger partial charge on any atom is -0.278 e. The summed E-state index contributed by atoms with van der Waals surface area (Å²) in [5.41, 5.74) is 0. The maximum atomic E-state index is 3.46. The Bertz CT molecular complexity index is 249. The first-order chi connectivity index (χ1) is 5.83. The zero-order valence-corrected chi connectivity index (χ0v) is 9.58. The Morgan fingerprint density at radius 3 is 2.92 bits per heavy atom. The molecule has 1 atom stereocenters. The third kappa shape index (κ3) is 3.45. The van der Waals surface area contributed by atoms with Crippen molar-refractivity contribution in [3.05, 3.63) is 34.5 Å². The number of hydrogen-bond donors (Lipinski definition) is 1. The van der Waals surface area contributed by atoms with E-state index in [0.29, 0.717) is 6.04 Å². The topological polar surface area (TPSA) is 12.0 Å². The van der Waals surface area contributed by atoms with Crippen LogP contribution in [0.3, 0.4) is 0 Å². The molecule has 1 N–H and O–H groups in total. The van der Waals surface area contributed by atoms with Crippen molar-refractivity contribution >= 4 is 24.4 Å². The summed E-state index contributed by atoms with van der Waals surface area (Å²) < 4.78 is 3.67. The van der Waals surface area contributed by atoms with Gasteiger partial charge in [-0.05, 0) is 24.0 Å². The van der Waals surface area contributed by atoms with Gasteiger partial charge in [-0.25, -0.2) is 0 Å².